The highest BCUT2D eigenvalue weighted by Gasteiger charge is 2.18. The van der Waals surface area contributed by atoms with Gasteiger partial charge in [0.2, 0.25) is 0 Å². The second-order valence-corrected chi connectivity index (χ2v) is 3.72. The Labute approximate surface area is 78.8 Å². The Hall–Kier alpha value is -0.670. The zero-order valence-electron chi connectivity index (χ0n) is 7.88. The molecule has 0 unspecified atom stereocenters. The molecule has 13 heavy (non-hydrogen) atoms. The molecule has 2 rings (SSSR count). The van der Waals surface area contributed by atoms with Crippen LogP contribution in [0.3, 0.4) is 0 Å². The average molecular weight is 180 g/mol. The highest BCUT2D eigenvalue weighted by atomic mass is 16.1. The van der Waals surface area contributed by atoms with Crippen molar-refractivity contribution in [1.29, 1.82) is 0 Å². The van der Waals surface area contributed by atoms with Crippen LogP contribution in [0.2, 0.25) is 0 Å². The molecular formula is C10H16N2O. The molecule has 2 aliphatic rings. The van der Waals surface area contributed by atoms with E-state index in [2.05, 4.69) is 16.3 Å². The van der Waals surface area contributed by atoms with Gasteiger partial charge in [0.15, 0.2) is 5.78 Å². The first kappa shape index (κ1) is 8.91. The molecule has 0 radical (unpaired) electrons. The molecule has 3 heteroatoms. The summed E-state index contributed by atoms with van der Waals surface area (Å²) in [4.78, 5) is 13.8. The lowest BCUT2D eigenvalue weighted by molar-refractivity contribution is -0.117. The van der Waals surface area contributed by atoms with Gasteiger partial charge in [-0.1, -0.05) is 6.08 Å². The van der Waals surface area contributed by atoms with E-state index in [1.165, 1.54) is 0 Å². The van der Waals surface area contributed by atoms with Crippen molar-refractivity contribution in [1.82, 2.24) is 10.2 Å². The highest BCUT2D eigenvalue weighted by molar-refractivity contribution is 5.98. The molecule has 1 N–H and O–H groups in total. The summed E-state index contributed by atoms with van der Waals surface area (Å²) in [6.07, 6.45) is 4.16. The minimum absolute atomic E-state index is 0.341. The Morgan fingerprint density at radius 2 is 2.15 bits per heavy atom. The fourth-order valence-corrected chi connectivity index (χ4v) is 1.72. The van der Waals surface area contributed by atoms with Gasteiger partial charge in [0.25, 0.3) is 0 Å². The molecule has 0 aromatic rings. The quantitative estimate of drug-likeness (QED) is 0.672. The lowest BCUT2D eigenvalue weighted by Gasteiger charge is -2.27. The van der Waals surface area contributed by atoms with Crippen LogP contribution in [0.25, 0.3) is 0 Å². The van der Waals surface area contributed by atoms with E-state index >= 15 is 0 Å². The van der Waals surface area contributed by atoms with E-state index in [0.29, 0.717) is 12.3 Å². The molecule has 72 valence electrons. The summed E-state index contributed by atoms with van der Waals surface area (Å²) in [5.41, 5.74) is 1.05. The molecule has 0 atom stereocenters. The number of nitrogens with one attached hydrogen (secondary N) is 1. The maximum Gasteiger partial charge on any atom is 0.172 e. The van der Waals surface area contributed by atoms with Gasteiger partial charge < -0.3 is 5.32 Å². The Kier molecular flexibility index (Phi) is 2.76. The van der Waals surface area contributed by atoms with Crippen molar-refractivity contribution >= 4 is 5.78 Å². The van der Waals surface area contributed by atoms with E-state index in [0.717, 1.165) is 44.6 Å². The molecule has 0 aromatic carbocycles. The number of hydrogen-bond donors (Lipinski definition) is 1. The predicted molar refractivity (Wildman–Crippen MR) is 51.6 cm³/mol. The maximum atomic E-state index is 11.6. The van der Waals surface area contributed by atoms with Crippen LogP contribution >= 0.6 is 0 Å². The number of ketones is 1. The number of Topliss-reactive ketones (excluding diaryl/α,β-unsaturated/α-hetero) is 1. The molecule has 1 fully saturated rings. The van der Waals surface area contributed by atoms with E-state index in [1.807, 2.05) is 0 Å². The first-order chi connectivity index (χ1) is 6.36. The molecule has 0 spiro atoms. The Morgan fingerprint density at radius 3 is 2.69 bits per heavy atom. The fraction of sp³-hybridized carbons (Fsp3) is 0.700. The third kappa shape index (κ3) is 2.17. The molecule has 1 aliphatic heterocycles. The SMILES string of the molecule is O=C(CN1CCNCC1)C1=CCC1. The molecular weight excluding hydrogens is 164 g/mol. The Bertz CT molecular complexity index is 229. The second-order valence-electron chi connectivity index (χ2n) is 3.72. The molecule has 1 aliphatic carbocycles. The second kappa shape index (κ2) is 4.03. The van der Waals surface area contributed by atoms with Crippen molar-refractivity contribution < 1.29 is 4.79 Å². The number of allylic oxidation sites excluding steroid dienone is 1. The van der Waals surface area contributed by atoms with Crippen molar-refractivity contribution in [3.05, 3.63) is 11.6 Å². The number of carbonyl (C=O) groups excluding carboxylic acids is 1. The Balaban J connectivity index is 1.79. The first-order valence-corrected chi connectivity index (χ1v) is 5.01. The predicted octanol–water partition coefficient (Wildman–Crippen LogP) is 0.181. The van der Waals surface area contributed by atoms with Gasteiger partial charge in [-0.3, -0.25) is 9.69 Å². The monoisotopic (exact) mass is 180 g/mol. The van der Waals surface area contributed by atoms with Crippen LogP contribution in [0.1, 0.15) is 12.8 Å². The summed E-state index contributed by atoms with van der Waals surface area (Å²) in [7, 11) is 0. The number of carbonyl (C=O) groups is 1. The third-order valence-electron chi connectivity index (χ3n) is 2.74. The normalized spacial score (nSPS) is 23.5. The number of hydrogen-bond acceptors (Lipinski definition) is 3. The van der Waals surface area contributed by atoms with Gasteiger partial charge in [-0.2, -0.15) is 0 Å². The largest absolute Gasteiger partial charge is 0.314 e. The van der Waals surface area contributed by atoms with Crippen LogP contribution in [0.15, 0.2) is 11.6 Å². The molecule has 1 heterocycles. The zero-order chi connectivity index (χ0) is 9.10. The van der Waals surface area contributed by atoms with Crippen molar-refractivity contribution in [2.45, 2.75) is 12.8 Å². The number of piperazine rings is 1. The van der Waals surface area contributed by atoms with Gasteiger partial charge in [-0.15, -0.1) is 0 Å². The van der Waals surface area contributed by atoms with Crippen LogP contribution in [0.4, 0.5) is 0 Å². The fourth-order valence-electron chi connectivity index (χ4n) is 1.72. The standard InChI is InChI=1S/C10H16N2O/c13-10(9-2-1-3-9)8-12-6-4-11-5-7-12/h2,11H,1,3-8H2. The average Bonchev–Trinajstić information content (AvgIpc) is 2.02. The van der Waals surface area contributed by atoms with Crippen LogP contribution in [-0.2, 0) is 4.79 Å². The maximum absolute atomic E-state index is 11.6. The molecule has 0 aromatic heterocycles. The van der Waals surface area contributed by atoms with Crippen LogP contribution < -0.4 is 5.32 Å². The summed E-state index contributed by atoms with van der Waals surface area (Å²) in [5, 5.41) is 3.28. The summed E-state index contributed by atoms with van der Waals surface area (Å²) in [5.74, 6) is 0.341. The minimum Gasteiger partial charge on any atom is -0.314 e. The van der Waals surface area contributed by atoms with Crippen molar-refractivity contribution in [3.63, 3.8) is 0 Å². The van der Waals surface area contributed by atoms with Gasteiger partial charge in [-0.25, -0.2) is 0 Å². The van der Waals surface area contributed by atoms with E-state index < -0.39 is 0 Å². The molecule has 0 saturated carbocycles. The van der Waals surface area contributed by atoms with Crippen LogP contribution in [0, 0.1) is 0 Å². The summed E-state index contributed by atoms with van der Waals surface area (Å²) in [6, 6.07) is 0. The Morgan fingerprint density at radius 1 is 1.46 bits per heavy atom. The highest BCUT2D eigenvalue weighted by Crippen LogP contribution is 2.18. The smallest absolute Gasteiger partial charge is 0.172 e. The summed E-state index contributed by atoms with van der Waals surface area (Å²) in [6.45, 7) is 4.70. The van der Waals surface area contributed by atoms with E-state index in [1.54, 1.807) is 0 Å². The molecule has 0 amide bonds. The van der Waals surface area contributed by atoms with E-state index in [4.69, 9.17) is 0 Å². The summed E-state index contributed by atoms with van der Waals surface area (Å²) >= 11 is 0. The van der Waals surface area contributed by atoms with Gasteiger partial charge in [0.1, 0.15) is 0 Å². The van der Waals surface area contributed by atoms with Gasteiger partial charge in [-0.05, 0) is 18.4 Å². The third-order valence-corrected chi connectivity index (χ3v) is 2.74. The van der Waals surface area contributed by atoms with Crippen molar-refractivity contribution in [3.8, 4) is 0 Å². The molecule has 0 bridgehead atoms. The van der Waals surface area contributed by atoms with E-state index in [-0.39, 0.29) is 0 Å². The van der Waals surface area contributed by atoms with Gasteiger partial charge in [0, 0.05) is 26.2 Å². The van der Waals surface area contributed by atoms with E-state index in [9.17, 15) is 4.79 Å². The number of rotatable bonds is 3. The molecule has 1 saturated heterocycles. The van der Waals surface area contributed by atoms with Gasteiger partial charge >= 0.3 is 0 Å². The van der Waals surface area contributed by atoms with Gasteiger partial charge in [0.05, 0.1) is 6.54 Å². The minimum atomic E-state index is 0.341. The van der Waals surface area contributed by atoms with Crippen LogP contribution in [0.5, 0.6) is 0 Å². The molecule has 3 nitrogen and oxygen atoms in total. The lowest BCUT2D eigenvalue weighted by Crippen LogP contribution is -2.45. The van der Waals surface area contributed by atoms with Crippen LogP contribution in [-0.4, -0.2) is 43.4 Å². The summed E-state index contributed by atoms with van der Waals surface area (Å²) < 4.78 is 0. The first-order valence-electron chi connectivity index (χ1n) is 5.01. The lowest BCUT2D eigenvalue weighted by atomic mass is 9.95. The van der Waals surface area contributed by atoms with Crippen molar-refractivity contribution in [2.24, 2.45) is 0 Å². The number of nitrogens with zero attached hydrogens (tertiary/aromatic N) is 1. The topological polar surface area (TPSA) is 32.3 Å². The van der Waals surface area contributed by atoms with Crippen molar-refractivity contribution in [2.75, 3.05) is 32.7 Å². The zero-order valence-corrected chi connectivity index (χ0v) is 7.88.